The normalized spacial score (nSPS) is 11.5. The monoisotopic (exact) mass is 650 g/mol. The van der Waals surface area contributed by atoms with Crippen LogP contribution in [0.2, 0.25) is 0 Å². The Labute approximate surface area is 295 Å². The summed E-state index contributed by atoms with van der Waals surface area (Å²) < 4.78 is 2.33. The predicted octanol–water partition coefficient (Wildman–Crippen LogP) is 11.9. The number of rotatable bonds is 5. The molecular formula is C47H30N4. The van der Waals surface area contributed by atoms with Crippen LogP contribution in [0.25, 0.3) is 94.3 Å². The Morgan fingerprint density at radius 1 is 0.294 bits per heavy atom. The van der Waals surface area contributed by atoms with Crippen molar-refractivity contribution < 1.29 is 0 Å². The number of para-hydroxylation sites is 2. The van der Waals surface area contributed by atoms with Crippen LogP contribution in [0, 0.1) is 0 Å². The van der Waals surface area contributed by atoms with Crippen molar-refractivity contribution in [3.8, 4) is 51.0 Å². The fourth-order valence-electron chi connectivity index (χ4n) is 7.50. The maximum atomic E-state index is 5.17. The van der Waals surface area contributed by atoms with Crippen LogP contribution in [-0.2, 0) is 0 Å². The van der Waals surface area contributed by atoms with Crippen molar-refractivity contribution in [3.63, 3.8) is 0 Å². The molecule has 0 saturated heterocycles. The molecule has 0 N–H and O–H groups in total. The summed E-state index contributed by atoms with van der Waals surface area (Å²) in [5.74, 6) is 1.92. The molecule has 0 unspecified atom stereocenters. The molecule has 10 rings (SSSR count). The standard InChI is InChI=1S/C47H30N4/c1-2-14-32(15-3-1)45-48-46(33-27-29-34(30-28-33)51-43-25-8-6-18-40(43)41-19-7-9-26-44(41)51)50-47(49-45)42-24-12-22-38-37(21-11-23-39(38)42)36-20-10-16-31-13-4-5-17-35(31)36/h1-30H. The average Bonchev–Trinajstić information content (AvgIpc) is 3.55. The molecule has 0 amide bonds. The topological polar surface area (TPSA) is 43.6 Å². The zero-order chi connectivity index (χ0) is 33.7. The van der Waals surface area contributed by atoms with Gasteiger partial charge in [-0.3, -0.25) is 0 Å². The van der Waals surface area contributed by atoms with E-state index in [4.69, 9.17) is 15.0 Å². The summed E-state index contributed by atoms with van der Waals surface area (Å²) in [6.45, 7) is 0. The number of hydrogen-bond donors (Lipinski definition) is 0. The summed E-state index contributed by atoms with van der Waals surface area (Å²) in [6, 6.07) is 63.9. The number of aromatic nitrogens is 4. The van der Waals surface area contributed by atoms with E-state index in [-0.39, 0.29) is 0 Å². The highest BCUT2D eigenvalue weighted by Crippen LogP contribution is 2.38. The van der Waals surface area contributed by atoms with Gasteiger partial charge in [0.05, 0.1) is 11.0 Å². The third-order valence-corrected chi connectivity index (χ3v) is 9.87. The van der Waals surface area contributed by atoms with Crippen LogP contribution < -0.4 is 0 Å². The molecule has 0 radical (unpaired) electrons. The van der Waals surface area contributed by atoms with Crippen molar-refractivity contribution in [2.75, 3.05) is 0 Å². The molecule has 8 aromatic carbocycles. The van der Waals surface area contributed by atoms with Gasteiger partial charge in [0.2, 0.25) is 0 Å². The van der Waals surface area contributed by atoms with E-state index in [9.17, 15) is 0 Å². The highest BCUT2D eigenvalue weighted by atomic mass is 15.0. The lowest BCUT2D eigenvalue weighted by atomic mass is 9.92. The van der Waals surface area contributed by atoms with Gasteiger partial charge < -0.3 is 4.57 Å². The van der Waals surface area contributed by atoms with E-state index in [1.54, 1.807) is 0 Å². The van der Waals surface area contributed by atoms with Crippen molar-refractivity contribution in [2.24, 2.45) is 0 Å². The molecule has 0 fully saturated rings. The molecule has 0 saturated carbocycles. The average molecular weight is 651 g/mol. The fraction of sp³-hybridized carbons (Fsp3) is 0. The van der Waals surface area contributed by atoms with E-state index in [0.29, 0.717) is 17.5 Å². The van der Waals surface area contributed by atoms with Crippen LogP contribution in [0.4, 0.5) is 0 Å². The zero-order valence-corrected chi connectivity index (χ0v) is 27.6. The fourth-order valence-corrected chi connectivity index (χ4v) is 7.50. The Morgan fingerprint density at radius 3 is 1.43 bits per heavy atom. The van der Waals surface area contributed by atoms with Crippen LogP contribution in [0.5, 0.6) is 0 Å². The minimum Gasteiger partial charge on any atom is -0.309 e. The maximum Gasteiger partial charge on any atom is 0.164 e. The third-order valence-electron chi connectivity index (χ3n) is 9.87. The second kappa shape index (κ2) is 11.9. The first-order valence-electron chi connectivity index (χ1n) is 17.2. The summed E-state index contributed by atoms with van der Waals surface area (Å²) in [5, 5.41) is 7.19. The first kappa shape index (κ1) is 29.0. The maximum absolute atomic E-state index is 5.17. The summed E-state index contributed by atoms with van der Waals surface area (Å²) in [4.78, 5) is 15.3. The molecule has 0 aliphatic heterocycles. The molecule has 238 valence electrons. The zero-order valence-electron chi connectivity index (χ0n) is 27.6. The molecule has 10 aromatic rings. The van der Waals surface area contributed by atoms with E-state index in [0.717, 1.165) is 33.2 Å². The van der Waals surface area contributed by atoms with Gasteiger partial charge in [-0.25, -0.2) is 15.0 Å². The summed E-state index contributed by atoms with van der Waals surface area (Å²) in [6.07, 6.45) is 0. The molecule has 4 heteroatoms. The Hall–Kier alpha value is -6.91. The van der Waals surface area contributed by atoms with Gasteiger partial charge in [-0.1, -0.05) is 146 Å². The van der Waals surface area contributed by atoms with Gasteiger partial charge in [0.25, 0.3) is 0 Å². The molecule has 51 heavy (non-hydrogen) atoms. The van der Waals surface area contributed by atoms with Gasteiger partial charge in [-0.15, -0.1) is 0 Å². The molecule has 2 heterocycles. The quantitative estimate of drug-likeness (QED) is 0.186. The number of benzene rings is 8. The lowest BCUT2D eigenvalue weighted by molar-refractivity contribution is 1.07. The molecular weight excluding hydrogens is 621 g/mol. The van der Waals surface area contributed by atoms with Gasteiger partial charge in [0.1, 0.15) is 0 Å². The third kappa shape index (κ3) is 4.88. The van der Waals surface area contributed by atoms with Crippen molar-refractivity contribution >= 4 is 43.4 Å². The van der Waals surface area contributed by atoms with Crippen LogP contribution in [0.1, 0.15) is 0 Å². The van der Waals surface area contributed by atoms with Crippen molar-refractivity contribution in [1.29, 1.82) is 0 Å². The molecule has 0 aliphatic rings. The van der Waals surface area contributed by atoms with Crippen LogP contribution in [0.3, 0.4) is 0 Å². The van der Waals surface area contributed by atoms with E-state index in [2.05, 4.69) is 168 Å². The first-order valence-corrected chi connectivity index (χ1v) is 17.2. The van der Waals surface area contributed by atoms with Crippen LogP contribution in [-0.4, -0.2) is 19.5 Å². The molecule has 0 atom stereocenters. The highest BCUT2D eigenvalue weighted by molar-refractivity contribution is 6.10. The van der Waals surface area contributed by atoms with Gasteiger partial charge in [-0.05, 0) is 69.1 Å². The van der Waals surface area contributed by atoms with Gasteiger partial charge >= 0.3 is 0 Å². The predicted molar refractivity (Wildman–Crippen MR) is 211 cm³/mol. The second-order valence-corrected chi connectivity index (χ2v) is 12.8. The Bertz CT molecular complexity index is 2850. The number of hydrogen-bond acceptors (Lipinski definition) is 3. The van der Waals surface area contributed by atoms with Crippen molar-refractivity contribution in [3.05, 3.63) is 182 Å². The first-order chi connectivity index (χ1) is 25.3. The Balaban J connectivity index is 1.13. The van der Waals surface area contributed by atoms with E-state index in [1.807, 2.05) is 18.2 Å². The number of nitrogens with zero attached hydrogens (tertiary/aromatic N) is 4. The molecule has 0 aliphatic carbocycles. The Morgan fingerprint density at radius 2 is 0.745 bits per heavy atom. The summed E-state index contributed by atoms with van der Waals surface area (Å²) >= 11 is 0. The highest BCUT2D eigenvalue weighted by Gasteiger charge is 2.17. The van der Waals surface area contributed by atoms with Crippen molar-refractivity contribution in [1.82, 2.24) is 19.5 Å². The molecule has 0 spiro atoms. The smallest absolute Gasteiger partial charge is 0.164 e. The second-order valence-electron chi connectivity index (χ2n) is 12.8. The van der Waals surface area contributed by atoms with Crippen molar-refractivity contribution in [2.45, 2.75) is 0 Å². The lowest BCUT2D eigenvalue weighted by Gasteiger charge is -2.14. The van der Waals surface area contributed by atoms with E-state index in [1.165, 1.54) is 43.7 Å². The molecule has 0 bridgehead atoms. The van der Waals surface area contributed by atoms with Gasteiger partial charge in [0.15, 0.2) is 17.5 Å². The molecule has 2 aromatic heterocycles. The van der Waals surface area contributed by atoms with Gasteiger partial charge in [-0.2, -0.15) is 0 Å². The van der Waals surface area contributed by atoms with E-state index >= 15 is 0 Å². The van der Waals surface area contributed by atoms with Crippen LogP contribution in [0.15, 0.2) is 182 Å². The minimum atomic E-state index is 0.634. The van der Waals surface area contributed by atoms with Crippen LogP contribution >= 0.6 is 0 Å². The van der Waals surface area contributed by atoms with E-state index < -0.39 is 0 Å². The number of fused-ring (bicyclic) bond motifs is 5. The summed E-state index contributed by atoms with van der Waals surface area (Å²) in [5.41, 5.74) is 8.68. The lowest BCUT2D eigenvalue weighted by Crippen LogP contribution is -2.01. The Kier molecular flexibility index (Phi) is 6.78. The summed E-state index contributed by atoms with van der Waals surface area (Å²) in [7, 11) is 0. The SMILES string of the molecule is c1ccc(-c2nc(-c3ccc(-n4c5ccccc5c5ccccc54)cc3)nc(-c3cccc4c(-c5cccc6ccccc56)cccc34)n2)cc1. The molecule has 4 nitrogen and oxygen atoms in total. The largest absolute Gasteiger partial charge is 0.309 e. The van der Waals surface area contributed by atoms with Gasteiger partial charge in [0, 0.05) is 33.2 Å². The minimum absolute atomic E-state index is 0.634.